The van der Waals surface area contributed by atoms with Crippen LogP contribution >= 0.6 is 0 Å². The maximum absolute atomic E-state index is 5.77. The van der Waals surface area contributed by atoms with Gasteiger partial charge in [-0.15, -0.1) is 0 Å². The number of piperazine rings is 1. The van der Waals surface area contributed by atoms with Crippen molar-refractivity contribution in [3.8, 4) is 17.2 Å². The molecule has 2 aromatic carbocycles. The number of benzene rings is 2. The van der Waals surface area contributed by atoms with Crippen LogP contribution in [-0.2, 0) is 4.74 Å². The molecule has 1 aliphatic rings. The number of rotatable bonds is 11. The van der Waals surface area contributed by atoms with Crippen molar-refractivity contribution in [1.29, 1.82) is 0 Å². The van der Waals surface area contributed by atoms with Gasteiger partial charge in [0.2, 0.25) is 0 Å². The number of hydrogen-bond donors (Lipinski definition) is 2. The minimum Gasteiger partial charge on any atom is -0.497 e. The van der Waals surface area contributed by atoms with Crippen LogP contribution in [0.4, 0.5) is 0 Å². The molecule has 1 heterocycles. The van der Waals surface area contributed by atoms with Crippen LogP contribution < -0.4 is 24.8 Å². The average Bonchev–Trinajstić information content (AvgIpc) is 2.81. The Hall–Kier alpha value is -2.54. The van der Waals surface area contributed by atoms with Gasteiger partial charge in [-0.1, -0.05) is 24.3 Å². The van der Waals surface area contributed by atoms with Gasteiger partial charge in [-0.2, -0.15) is 0 Å². The molecule has 0 aliphatic carbocycles. The summed E-state index contributed by atoms with van der Waals surface area (Å²) >= 11 is 0. The zero-order valence-corrected chi connectivity index (χ0v) is 17.9. The molecule has 1 fully saturated rings. The molecule has 30 heavy (non-hydrogen) atoms. The molecule has 162 valence electrons. The summed E-state index contributed by atoms with van der Waals surface area (Å²) in [5, 5.41) is 6.86. The van der Waals surface area contributed by atoms with Gasteiger partial charge in [-0.25, -0.2) is 0 Å². The van der Waals surface area contributed by atoms with Crippen molar-refractivity contribution in [2.45, 2.75) is 12.5 Å². The second-order valence-electron chi connectivity index (χ2n) is 7.15. The minimum atomic E-state index is 0.512. The Morgan fingerprint density at radius 2 is 1.57 bits per heavy atom. The molecule has 0 amide bonds. The molecule has 1 unspecified atom stereocenters. The smallest absolute Gasteiger partial charge is 0.123 e. The topological polar surface area (TPSA) is 61.0 Å². The first-order valence-electron chi connectivity index (χ1n) is 10.4. The van der Waals surface area contributed by atoms with Crippen molar-refractivity contribution in [2.24, 2.45) is 0 Å². The van der Waals surface area contributed by atoms with Crippen molar-refractivity contribution in [3.63, 3.8) is 0 Å². The Morgan fingerprint density at radius 3 is 2.23 bits per heavy atom. The standard InChI is InChI=1S/C24H32N2O4/c1-27-23-15-20(16-24(17-23)28-2)4-3-19-5-7-22(8-6-19)30-14-13-29-12-9-21-18-25-10-11-26-21/h3-8,15-17,21,25-26H,9-14,18H2,1-2H3/b4-3+. The molecular formula is C24H32N2O4. The van der Waals surface area contributed by atoms with E-state index in [-0.39, 0.29) is 0 Å². The van der Waals surface area contributed by atoms with Crippen LogP contribution in [0.3, 0.4) is 0 Å². The number of hydrogen-bond acceptors (Lipinski definition) is 6. The van der Waals surface area contributed by atoms with Crippen LogP contribution in [0.1, 0.15) is 17.5 Å². The number of methoxy groups -OCH3 is 2. The summed E-state index contributed by atoms with van der Waals surface area (Å²) in [5.74, 6) is 2.38. The number of nitrogens with one attached hydrogen (secondary N) is 2. The maximum Gasteiger partial charge on any atom is 0.123 e. The monoisotopic (exact) mass is 412 g/mol. The predicted octanol–water partition coefficient (Wildman–Crippen LogP) is 3.22. The Bertz CT molecular complexity index is 764. The lowest BCUT2D eigenvalue weighted by Gasteiger charge is -2.24. The van der Waals surface area contributed by atoms with E-state index >= 15 is 0 Å². The Morgan fingerprint density at radius 1 is 0.833 bits per heavy atom. The lowest BCUT2D eigenvalue weighted by Crippen LogP contribution is -2.48. The molecule has 2 N–H and O–H groups in total. The van der Waals surface area contributed by atoms with Crippen molar-refractivity contribution in [3.05, 3.63) is 53.6 Å². The first-order chi connectivity index (χ1) is 14.8. The molecule has 0 aromatic heterocycles. The van der Waals surface area contributed by atoms with Gasteiger partial charge in [0.25, 0.3) is 0 Å². The second kappa shape index (κ2) is 12.2. The third-order valence-corrected chi connectivity index (χ3v) is 4.95. The van der Waals surface area contributed by atoms with E-state index < -0.39 is 0 Å². The van der Waals surface area contributed by atoms with E-state index in [1.807, 2.05) is 48.5 Å². The first kappa shape index (κ1) is 22.2. The quantitative estimate of drug-likeness (QED) is 0.437. The van der Waals surface area contributed by atoms with E-state index in [4.69, 9.17) is 18.9 Å². The van der Waals surface area contributed by atoms with Crippen LogP contribution in [0.15, 0.2) is 42.5 Å². The summed E-state index contributed by atoms with van der Waals surface area (Å²) in [6.07, 6.45) is 5.11. The molecule has 0 saturated carbocycles. The maximum atomic E-state index is 5.77. The van der Waals surface area contributed by atoms with Gasteiger partial charge in [0.15, 0.2) is 0 Å². The molecule has 0 bridgehead atoms. The molecule has 1 atom stereocenters. The van der Waals surface area contributed by atoms with E-state index in [9.17, 15) is 0 Å². The van der Waals surface area contributed by atoms with Gasteiger partial charge in [0, 0.05) is 38.3 Å². The predicted molar refractivity (Wildman–Crippen MR) is 121 cm³/mol. The van der Waals surface area contributed by atoms with Crippen LogP contribution in [0.2, 0.25) is 0 Å². The lowest BCUT2D eigenvalue weighted by atomic mass is 10.1. The molecule has 6 nitrogen and oxygen atoms in total. The zero-order chi connectivity index (χ0) is 21.0. The van der Waals surface area contributed by atoms with Gasteiger partial charge in [-0.3, -0.25) is 0 Å². The highest BCUT2D eigenvalue weighted by Gasteiger charge is 2.10. The number of ether oxygens (including phenoxy) is 4. The molecule has 1 aliphatic heterocycles. The van der Waals surface area contributed by atoms with Gasteiger partial charge in [0.1, 0.15) is 23.9 Å². The fourth-order valence-corrected chi connectivity index (χ4v) is 3.26. The highest BCUT2D eigenvalue weighted by molar-refractivity contribution is 5.71. The van der Waals surface area contributed by atoms with Crippen LogP contribution in [-0.4, -0.2) is 59.7 Å². The van der Waals surface area contributed by atoms with Gasteiger partial charge in [0.05, 0.1) is 20.8 Å². The molecule has 6 heteroatoms. The lowest BCUT2D eigenvalue weighted by molar-refractivity contribution is 0.0919. The molecule has 1 saturated heterocycles. The van der Waals surface area contributed by atoms with Crippen molar-refractivity contribution >= 4 is 12.2 Å². The van der Waals surface area contributed by atoms with Crippen LogP contribution in [0.25, 0.3) is 12.2 Å². The summed E-state index contributed by atoms with van der Waals surface area (Å²) in [7, 11) is 3.30. The molecule has 0 radical (unpaired) electrons. The normalized spacial score (nSPS) is 16.5. The summed E-state index contributed by atoms with van der Waals surface area (Å²) in [5.41, 5.74) is 2.11. The third kappa shape index (κ3) is 7.37. The SMILES string of the molecule is COc1cc(/C=C/c2ccc(OCCOCCC3CNCCN3)cc2)cc(OC)c1. The fourth-order valence-electron chi connectivity index (χ4n) is 3.26. The van der Waals surface area contributed by atoms with E-state index in [2.05, 4.69) is 16.7 Å². The highest BCUT2D eigenvalue weighted by Crippen LogP contribution is 2.24. The largest absolute Gasteiger partial charge is 0.497 e. The summed E-state index contributed by atoms with van der Waals surface area (Å²) in [4.78, 5) is 0. The fraction of sp³-hybridized carbons (Fsp3) is 0.417. The molecule has 0 spiro atoms. The molecule has 3 rings (SSSR count). The Balaban J connectivity index is 1.39. The van der Waals surface area contributed by atoms with E-state index in [1.165, 1.54) is 0 Å². The minimum absolute atomic E-state index is 0.512. The summed E-state index contributed by atoms with van der Waals surface area (Å²) in [6, 6.07) is 14.3. The average molecular weight is 413 g/mol. The first-order valence-corrected chi connectivity index (χ1v) is 10.4. The van der Waals surface area contributed by atoms with Gasteiger partial charge >= 0.3 is 0 Å². The molecule has 2 aromatic rings. The Labute approximate surface area is 179 Å². The highest BCUT2D eigenvalue weighted by atomic mass is 16.5. The third-order valence-electron chi connectivity index (χ3n) is 4.95. The zero-order valence-electron chi connectivity index (χ0n) is 17.9. The van der Waals surface area contributed by atoms with Crippen molar-refractivity contribution < 1.29 is 18.9 Å². The van der Waals surface area contributed by atoms with E-state index in [0.717, 1.165) is 61.0 Å². The summed E-state index contributed by atoms with van der Waals surface area (Å²) in [6.45, 7) is 5.00. The summed E-state index contributed by atoms with van der Waals surface area (Å²) < 4.78 is 22.1. The molecular weight excluding hydrogens is 380 g/mol. The Kier molecular flexibility index (Phi) is 9.03. The van der Waals surface area contributed by atoms with E-state index in [1.54, 1.807) is 14.2 Å². The van der Waals surface area contributed by atoms with Gasteiger partial charge < -0.3 is 29.6 Å². The van der Waals surface area contributed by atoms with Crippen molar-refractivity contribution in [2.75, 3.05) is 53.7 Å². The van der Waals surface area contributed by atoms with Crippen LogP contribution in [0.5, 0.6) is 17.2 Å². The van der Waals surface area contributed by atoms with Crippen molar-refractivity contribution in [1.82, 2.24) is 10.6 Å². The van der Waals surface area contributed by atoms with Crippen LogP contribution in [0, 0.1) is 0 Å². The van der Waals surface area contributed by atoms with Gasteiger partial charge in [-0.05, 0) is 41.8 Å². The van der Waals surface area contributed by atoms with E-state index in [0.29, 0.717) is 19.3 Å². The second-order valence-corrected chi connectivity index (χ2v) is 7.15.